The van der Waals surface area contributed by atoms with Gasteiger partial charge in [0.1, 0.15) is 11.6 Å². The highest BCUT2D eigenvalue weighted by Crippen LogP contribution is 2.43. The molecule has 1 heterocycles. The molecule has 4 atom stereocenters. The van der Waals surface area contributed by atoms with E-state index in [9.17, 15) is 14.7 Å². The molecule has 2 aliphatic rings. The molecule has 0 aromatic rings. The molecular formula is C14H23NO5. The second-order valence-electron chi connectivity index (χ2n) is 6.44. The Morgan fingerprint density at radius 2 is 1.95 bits per heavy atom. The van der Waals surface area contributed by atoms with Crippen LogP contribution in [0.4, 0.5) is 4.79 Å². The second kappa shape index (κ2) is 5.24. The lowest BCUT2D eigenvalue weighted by atomic mass is 9.96. The van der Waals surface area contributed by atoms with Crippen molar-refractivity contribution in [2.45, 2.75) is 64.3 Å². The molecule has 20 heavy (non-hydrogen) atoms. The minimum absolute atomic E-state index is 0.140. The molecule has 1 aliphatic heterocycles. The van der Waals surface area contributed by atoms with Gasteiger partial charge in [-0.3, -0.25) is 4.90 Å². The first kappa shape index (κ1) is 15.1. The van der Waals surface area contributed by atoms with Crippen LogP contribution >= 0.6 is 0 Å². The normalized spacial score (nSPS) is 32.4. The van der Waals surface area contributed by atoms with Crippen LogP contribution in [0.5, 0.6) is 0 Å². The molecule has 2 rings (SSSR count). The maximum atomic E-state index is 12.3. The third-order valence-corrected chi connectivity index (χ3v) is 3.78. The predicted octanol–water partition coefficient (Wildman–Crippen LogP) is 1.31. The zero-order valence-corrected chi connectivity index (χ0v) is 12.5. The molecule has 6 nitrogen and oxygen atoms in total. The topological polar surface area (TPSA) is 76.1 Å². The summed E-state index contributed by atoms with van der Waals surface area (Å²) in [5, 5.41) is 9.95. The lowest BCUT2D eigenvalue weighted by Gasteiger charge is -2.36. The number of rotatable bonds is 2. The molecular weight excluding hydrogens is 262 g/mol. The monoisotopic (exact) mass is 285 g/mol. The fraction of sp³-hybridized carbons (Fsp3) is 0.857. The number of piperidine rings is 1. The third kappa shape index (κ3) is 2.75. The van der Waals surface area contributed by atoms with E-state index in [0.717, 1.165) is 0 Å². The lowest BCUT2D eigenvalue weighted by molar-refractivity contribution is -0.153. The number of esters is 1. The highest BCUT2D eigenvalue weighted by Gasteiger charge is 2.57. The van der Waals surface area contributed by atoms with Gasteiger partial charge in [-0.05, 0) is 40.5 Å². The molecule has 2 fully saturated rings. The number of likely N-dealkylation sites (tertiary alicyclic amines) is 1. The Labute approximate surface area is 119 Å². The predicted molar refractivity (Wildman–Crippen MR) is 71.0 cm³/mol. The Morgan fingerprint density at radius 3 is 2.50 bits per heavy atom. The summed E-state index contributed by atoms with van der Waals surface area (Å²) in [6, 6.07) is -0.863. The SMILES string of the molecule is CCOC(=O)[C@@H]1[C@@H]2C[C@@H](C[C@H]2O)N1C(=O)OC(C)(C)C. The van der Waals surface area contributed by atoms with Gasteiger partial charge in [0, 0.05) is 12.0 Å². The third-order valence-electron chi connectivity index (χ3n) is 3.78. The number of amides is 1. The van der Waals surface area contributed by atoms with Gasteiger partial charge in [0.2, 0.25) is 0 Å². The van der Waals surface area contributed by atoms with E-state index in [2.05, 4.69) is 0 Å². The first-order valence-electron chi connectivity index (χ1n) is 7.10. The van der Waals surface area contributed by atoms with Crippen LogP contribution in [0, 0.1) is 5.92 Å². The van der Waals surface area contributed by atoms with Crippen LogP contribution < -0.4 is 0 Å². The van der Waals surface area contributed by atoms with Gasteiger partial charge in [0.05, 0.1) is 12.7 Å². The van der Waals surface area contributed by atoms with E-state index in [1.54, 1.807) is 27.7 Å². The first-order chi connectivity index (χ1) is 9.24. The van der Waals surface area contributed by atoms with E-state index in [0.29, 0.717) is 12.8 Å². The van der Waals surface area contributed by atoms with Gasteiger partial charge < -0.3 is 14.6 Å². The van der Waals surface area contributed by atoms with E-state index >= 15 is 0 Å². The van der Waals surface area contributed by atoms with Crippen molar-refractivity contribution < 1.29 is 24.2 Å². The number of hydrogen-bond donors (Lipinski definition) is 1. The number of ether oxygens (including phenoxy) is 2. The number of aliphatic hydroxyl groups is 1. The molecule has 114 valence electrons. The van der Waals surface area contributed by atoms with Crippen molar-refractivity contribution in [2.24, 2.45) is 5.92 Å². The van der Waals surface area contributed by atoms with Crippen LogP contribution in [0.3, 0.4) is 0 Å². The lowest BCUT2D eigenvalue weighted by Crippen LogP contribution is -2.54. The summed E-state index contributed by atoms with van der Waals surface area (Å²) in [6.07, 6.45) is 0.0759. The molecule has 0 spiro atoms. The number of carbonyl (C=O) groups is 2. The summed E-state index contributed by atoms with van der Waals surface area (Å²) in [5.41, 5.74) is -0.614. The molecule has 0 unspecified atom stereocenters. The molecule has 0 radical (unpaired) electrons. The van der Waals surface area contributed by atoms with Crippen molar-refractivity contribution in [3.8, 4) is 0 Å². The van der Waals surface area contributed by atoms with Crippen molar-refractivity contribution in [1.29, 1.82) is 0 Å². The van der Waals surface area contributed by atoms with Gasteiger partial charge >= 0.3 is 12.1 Å². The van der Waals surface area contributed by atoms with Crippen LogP contribution in [-0.4, -0.2) is 52.5 Å². The molecule has 1 aliphatic carbocycles. The van der Waals surface area contributed by atoms with Crippen LogP contribution in [0.1, 0.15) is 40.5 Å². The number of aliphatic hydroxyl groups excluding tert-OH is 1. The van der Waals surface area contributed by atoms with Crippen molar-refractivity contribution in [2.75, 3.05) is 6.61 Å². The second-order valence-corrected chi connectivity index (χ2v) is 6.44. The van der Waals surface area contributed by atoms with Crippen molar-refractivity contribution in [3.05, 3.63) is 0 Å². The van der Waals surface area contributed by atoms with Crippen molar-refractivity contribution in [1.82, 2.24) is 4.90 Å². The Balaban J connectivity index is 2.17. The molecule has 1 saturated carbocycles. The quantitative estimate of drug-likeness (QED) is 0.774. The minimum Gasteiger partial charge on any atom is -0.464 e. The van der Waals surface area contributed by atoms with Gasteiger partial charge in [0.15, 0.2) is 0 Å². The molecule has 1 N–H and O–H groups in total. The Kier molecular flexibility index (Phi) is 3.95. The van der Waals surface area contributed by atoms with Crippen molar-refractivity contribution in [3.63, 3.8) is 0 Å². The average molecular weight is 285 g/mol. The summed E-state index contributed by atoms with van der Waals surface area (Å²) in [5.74, 6) is -0.698. The summed E-state index contributed by atoms with van der Waals surface area (Å²) in [4.78, 5) is 25.8. The van der Waals surface area contributed by atoms with Gasteiger partial charge in [0.25, 0.3) is 0 Å². The zero-order valence-electron chi connectivity index (χ0n) is 12.5. The van der Waals surface area contributed by atoms with E-state index in [1.807, 2.05) is 0 Å². The Bertz CT molecular complexity index is 403. The molecule has 1 amide bonds. The summed E-state index contributed by atoms with van der Waals surface area (Å²) >= 11 is 0. The zero-order chi connectivity index (χ0) is 15.1. The molecule has 2 bridgehead atoms. The number of carbonyl (C=O) groups excluding carboxylic acids is 2. The fourth-order valence-electron chi connectivity index (χ4n) is 3.11. The maximum absolute atomic E-state index is 12.3. The molecule has 1 saturated heterocycles. The summed E-state index contributed by atoms with van der Waals surface area (Å²) in [7, 11) is 0. The fourth-order valence-corrected chi connectivity index (χ4v) is 3.11. The smallest absolute Gasteiger partial charge is 0.411 e. The van der Waals surface area contributed by atoms with Crippen LogP contribution in [-0.2, 0) is 14.3 Å². The highest BCUT2D eigenvalue weighted by atomic mass is 16.6. The largest absolute Gasteiger partial charge is 0.464 e. The summed E-state index contributed by atoms with van der Waals surface area (Å²) in [6.45, 7) is 7.33. The van der Waals surface area contributed by atoms with Crippen molar-refractivity contribution >= 4 is 12.1 Å². The van der Waals surface area contributed by atoms with Gasteiger partial charge in [-0.25, -0.2) is 9.59 Å². The summed E-state index contributed by atoms with van der Waals surface area (Å²) < 4.78 is 10.4. The van der Waals surface area contributed by atoms with E-state index < -0.39 is 29.8 Å². The van der Waals surface area contributed by atoms with E-state index in [1.165, 1.54) is 4.90 Å². The van der Waals surface area contributed by atoms with Gasteiger partial charge in [-0.2, -0.15) is 0 Å². The molecule has 6 heteroatoms. The number of fused-ring (bicyclic) bond motifs is 2. The molecule has 0 aromatic heterocycles. The number of nitrogens with zero attached hydrogens (tertiary/aromatic N) is 1. The first-order valence-corrected chi connectivity index (χ1v) is 7.10. The average Bonchev–Trinajstić information content (AvgIpc) is 2.82. The number of hydrogen-bond acceptors (Lipinski definition) is 5. The van der Waals surface area contributed by atoms with Crippen LogP contribution in [0.25, 0.3) is 0 Å². The minimum atomic E-state index is -0.724. The van der Waals surface area contributed by atoms with E-state index in [-0.39, 0.29) is 18.6 Å². The molecule has 0 aromatic carbocycles. The van der Waals surface area contributed by atoms with Crippen LogP contribution in [0.2, 0.25) is 0 Å². The van der Waals surface area contributed by atoms with Gasteiger partial charge in [-0.15, -0.1) is 0 Å². The Morgan fingerprint density at radius 1 is 1.30 bits per heavy atom. The van der Waals surface area contributed by atoms with Crippen LogP contribution in [0.15, 0.2) is 0 Å². The van der Waals surface area contributed by atoms with E-state index in [4.69, 9.17) is 9.47 Å². The maximum Gasteiger partial charge on any atom is 0.411 e. The van der Waals surface area contributed by atoms with Gasteiger partial charge in [-0.1, -0.05) is 0 Å². The Hall–Kier alpha value is -1.30. The standard InChI is InChI=1S/C14H23NO5/c1-5-19-12(17)11-9-6-8(7-10(9)16)15(11)13(18)20-14(2,3)4/h8-11,16H,5-7H2,1-4H3/t8-,9+,10+,11-/m0/s1. The highest BCUT2D eigenvalue weighted by molar-refractivity contribution is 5.83.